The fraction of sp³-hybridized carbons (Fsp3) is 0.267. The van der Waals surface area contributed by atoms with Gasteiger partial charge in [-0.3, -0.25) is 4.98 Å². The predicted molar refractivity (Wildman–Crippen MR) is 86.6 cm³/mol. The van der Waals surface area contributed by atoms with Gasteiger partial charge in [-0.05, 0) is 30.3 Å². The molecule has 0 bridgehead atoms. The maximum atomic E-state index is 12.1. The summed E-state index contributed by atoms with van der Waals surface area (Å²) in [6.07, 6.45) is 2.22. The summed E-state index contributed by atoms with van der Waals surface area (Å²) in [4.78, 5) is 4.15. The number of methoxy groups -OCH3 is 1. The van der Waals surface area contributed by atoms with Crippen LogP contribution in [-0.2, 0) is 22.2 Å². The van der Waals surface area contributed by atoms with E-state index in [0.29, 0.717) is 29.3 Å². The molecule has 0 saturated carbocycles. The van der Waals surface area contributed by atoms with Gasteiger partial charge in [-0.25, -0.2) is 13.1 Å². The Kier molecular flexibility index (Phi) is 5.76. The highest BCUT2D eigenvalue weighted by molar-refractivity contribution is 7.88. The minimum absolute atomic E-state index is 0.182. The molecule has 1 aromatic heterocycles. The van der Waals surface area contributed by atoms with Crippen molar-refractivity contribution in [2.24, 2.45) is 0 Å². The van der Waals surface area contributed by atoms with Gasteiger partial charge in [0.1, 0.15) is 5.75 Å². The Hall–Kier alpha value is -1.63. The third-order valence-electron chi connectivity index (χ3n) is 3.02. The Morgan fingerprint density at radius 2 is 2.09 bits per heavy atom. The van der Waals surface area contributed by atoms with Gasteiger partial charge in [0.2, 0.25) is 10.0 Å². The van der Waals surface area contributed by atoms with Crippen LogP contribution in [0.5, 0.6) is 5.75 Å². The lowest BCUT2D eigenvalue weighted by atomic mass is 10.2. The second-order valence-electron chi connectivity index (χ2n) is 4.68. The zero-order valence-corrected chi connectivity index (χ0v) is 13.7. The number of halogens is 1. The minimum Gasteiger partial charge on any atom is -0.496 e. The van der Waals surface area contributed by atoms with Crippen molar-refractivity contribution in [2.75, 3.05) is 13.7 Å². The van der Waals surface area contributed by atoms with Crippen LogP contribution in [0.4, 0.5) is 0 Å². The first-order valence-corrected chi connectivity index (χ1v) is 8.73. The van der Waals surface area contributed by atoms with E-state index < -0.39 is 10.0 Å². The molecule has 1 N–H and O–H groups in total. The number of nitrogens with zero attached hydrogens (tertiary/aromatic N) is 1. The maximum absolute atomic E-state index is 12.1. The summed E-state index contributed by atoms with van der Waals surface area (Å²) in [5, 5.41) is 0.472. The molecule has 0 aliphatic rings. The molecule has 22 heavy (non-hydrogen) atoms. The smallest absolute Gasteiger partial charge is 0.215 e. The fourth-order valence-electron chi connectivity index (χ4n) is 2.00. The summed E-state index contributed by atoms with van der Waals surface area (Å²) in [5.74, 6) is 0.318. The Bertz CT molecular complexity index is 721. The largest absolute Gasteiger partial charge is 0.496 e. The minimum atomic E-state index is -3.47. The van der Waals surface area contributed by atoms with E-state index in [-0.39, 0.29) is 5.75 Å². The van der Waals surface area contributed by atoms with E-state index in [1.54, 1.807) is 24.4 Å². The summed E-state index contributed by atoms with van der Waals surface area (Å²) >= 11 is 5.91. The zero-order valence-electron chi connectivity index (χ0n) is 12.1. The molecule has 0 aliphatic carbocycles. The lowest BCUT2D eigenvalue weighted by molar-refractivity contribution is 0.411. The van der Waals surface area contributed by atoms with Gasteiger partial charge in [-0.15, -0.1) is 0 Å². The molecule has 1 heterocycles. The third-order valence-corrected chi connectivity index (χ3v) is 4.59. The first kappa shape index (κ1) is 16.7. The first-order valence-electron chi connectivity index (χ1n) is 6.70. The zero-order chi connectivity index (χ0) is 16.0. The molecule has 7 heteroatoms. The van der Waals surface area contributed by atoms with Crippen LogP contribution in [0.15, 0.2) is 42.6 Å². The van der Waals surface area contributed by atoms with Gasteiger partial charge >= 0.3 is 0 Å². The highest BCUT2D eigenvalue weighted by Gasteiger charge is 2.15. The monoisotopic (exact) mass is 340 g/mol. The lowest BCUT2D eigenvalue weighted by Gasteiger charge is -2.10. The second kappa shape index (κ2) is 7.58. The van der Waals surface area contributed by atoms with E-state index in [0.717, 1.165) is 5.69 Å². The summed E-state index contributed by atoms with van der Waals surface area (Å²) in [5.41, 5.74) is 1.37. The normalized spacial score (nSPS) is 11.4. The van der Waals surface area contributed by atoms with Crippen molar-refractivity contribution in [1.29, 1.82) is 0 Å². The van der Waals surface area contributed by atoms with Crippen molar-refractivity contribution >= 4 is 21.6 Å². The van der Waals surface area contributed by atoms with Crippen molar-refractivity contribution in [3.8, 4) is 5.75 Å². The number of pyridine rings is 1. The molecular weight excluding hydrogens is 324 g/mol. The molecule has 5 nitrogen and oxygen atoms in total. The van der Waals surface area contributed by atoms with E-state index in [2.05, 4.69) is 9.71 Å². The summed E-state index contributed by atoms with van der Waals surface area (Å²) < 4.78 is 32.0. The molecule has 0 atom stereocenters. The van der Waals surface area contributed by atoms with Crippen LogP contribution in [0.2, 0.25) is 5.02 Å². The molecule has 118 valence electrons. The van der Waals surface area contributed by atoms with Crippen LogP contribution in [0.1, 0.15) is 11.3 Å². The Morgan fingerprint density at radius 3 is 2.77 bits per heavy atom. The second-order valence-corrected chi connectivity index (χ2v) is 6.92. The molecule has 0 aliphatic heterocycles. The van der Waals surface area contributed by atoms with E-state index >= 15 is 0 Å². The standard InChI is InChI=1S/C15H17ClN2O3S/c1-21-15-6-5-13(16)10-12(15)11-22(19,20)18-9-7-14-4-2-3-8-17-14/h2-6,8,10,18H,7,9,11H2,1H3. The number of rotatable bonds is 7. The third kappa shape index (κ3) is 4.98. The van der Waals surface area contributed by atoms with Gasteiger partial charge in [0.05, 0.1) is 12.9 Å². The summed E-state index contributed by atoms with van der Waals surface area (Å²) in [6, 6.07) is 10.4. The molecule has 0 spiro atoms. The highest BCUT2D eigenvalue weighted by atomic mass is 35.5. The Balaban J connectivity index is 1.98. The highest BCUT2D eigenvalue weighted by Crippen LogP contribution is 2.24. The molecule has 1 aromatic carbocycles. The summed E-state index contributed by atoms with van der Waals surface area (Å²) in [7, 11) is -1.98. The number of nitrogens with one attached hydrogen (secondary N) is 1. The maximum Gasteiger partial charge on any atom is 0.215 e. The SMILES string of the molecule is COc1ccc(Cl)cc1CS(=O)(=O)NCCc1ccccn1. The van der Waals surface area contributed by atoms with Crippen molar-refractivity contribution < 1.29 is 13.2 Å². The van der Waals surface area contributed by atoms with Gasteiger partial charge < -0.3 is 4.74 Å². The number of hydrogen-bond donors (Lipinski definition) is 1. The Morgan fingerprint density at radius 1 is 1.27 bits per heavy atom. The average Bonchev–Trinajstić information content (AvgIpc) is 2.48. The molecule has 2 aromatic rings. The van der Waals surface area contributed by atoms with Gasteiger partial charge in [0.25, 0.3) is 0 Å². The molecular formula is C15H17ClN2O3S. The van der Waals surface area contributed by atoms with Crippen LogP contribution in [0, 0.1) is 0 Å². The molecule has 0 unspecified atom stereocenters. The fourth-order valence-corrected chi connectivity index (χ4v) is 3.34. The van der Waals surface area contributed by atoms with Crippen molar-refractivity contribution in [3.05, 3.63) is 58.9 Å². The van der Waals surface area contributed by atoms with Crippen molar-refractivity contribution in [1.82, 2.24) is 9.71 Å². The molecule has 0 radical (unpaired) electrons. The number of hydrogen-bond acceptors (Lipinski definition) is 4. The van der Waals surface area contributed by atoms with E-state index in [9.17, 15) is 8.42 Å². The van der Waals surface area contributed by atoms with Crippen LogP contribution < -0.4 is 9.46 Å². The van der Waals surface area contributed by atoms with Crippen LogP contribution in [0.3, 0.4) is 0 Å². The van der Waals surface area contributed by atoms with Gasteiger partial charge in [0.15, 0.2) is 0 Å². The lowest BCUT2D eigenvalue weighted by Crippen LogP contribution is -2.27. The van der Waals surface area contributed by atoms with Gasteiger partial charge in [-0.1, -0.05) is 17.7 Å². The van der Waals surface area contributed by atoms with Gasteiger partial charge in [-0.2, -0.15) is 0 Å². The predicted octanol–water partition coefficient (Wildman–Crippen LogP) is 2.41. The molecule has 0 saturated heterocycles. The van der Waals surface area contributed by atoms with E-state index in [4.69, 9.17) is 16.3 Å². The molecule has 0 amide bonds. The quantitative estimate of drug-likeness (QED) is 0.840. The first-order chi connectivity index (χ1) is 10.5. The molecule has 0 fully saturated rings. The van der Waals surface area contributed by atoms with Crippen LogP contribution in [-0.4, -0.2) is 27.1 Å². The van der Waals surface area contributed by atoms with Crippen molar-refractivity contribution in [3.63, 3.8) is 0 Å². The van der Waals surface area contributed by atoms with Crippen molar-refractivity contribution in [2.45, 2.75) is 12.2 Å². The summed E-state index contributed by atoms with van der Waals surface area (Å²) in [6.45, 7) is 0.294. The topological polar surface area (TPSA) is 68.3 Å². The average molecular weight is 341 g/mol. The molecule has 2 rings (SSSR count). The number of aromatic nitrogens is 1. The Labute approximate surface area is 135 Å². The van der Waals surface area contributed by atoms with Crippen LogP contribution >= 0.6 is 11.6 Å². The number of ether oxygens (including phenoxy) is 1. The van der Waals surface area contributed by atoms with Crippen LogP contribution in [0.25, 0.3) is 0 Å². The van der Waals surface area contributed by atoms with Gasteiger partial charge in [0, 0.05) is 35.4 Å². The number of sulfonamides is 1. The van der Waals surface area contributed by atoms with E-state index in [1.807, 2.05) is 18.2 Å². The number of benzene rings is 1. The van der Waals surface area contributed by atoms with E-state index in [1.165, 1.54) is 7.11 Å².